The third-order valence-corrected chi connectivity index (χ3v) is 2.88. The zero-order valence-corrected chi connectivity index (χ0v) is 10.3. The molecule has 0 aliphatic carbocycles. The number of nitrogens with two attached hydrogens (primary N) is 1. The second kappa shape index (κ2) is 6.20. The monoisotopic (exact) mass is 275 g/mol. The molecule has 1 unspecified atom stereocenters. The molecule has 0 bridgehead atoms. The standard InChI is InChI=1S/C11H15BrFNO/c1-15-6-2-3-11(14)8-4-5-9(12)10(13)7-8/h4-5,7,11H,2-3,6,14H2,1H3. The number of benzene rings is 1. The molecule has 4 heteroatoms. The van der Waals surface area contributed by atoms with Crippen LogP contribution in [0.1, 0.15) is 24.4 Å². The average molecular weight is 276 g/mol. The predicted molar refractivity (Wildman–Crippen MR) is 62.1 cm³/mol. The van der Waals surface area contributed by atoms with Crippen molar-refractivity contribution in [2.45, 2.75) is 18.9 Å². The fraction of sp³-hybridized carbons (Fsp3) is 0.455. The van der Waals surface area contributed by atoms with Crippen LogP contribution in [0, 0.1) is 5.82 Å². The van der Waals surface area contributed by atoms with Crippen LogP contribution in [0.4, 0.5) is 4.39 Å². The van der Waals surface area contributed by atoms with Crippen molar-refractivity contribution < 1.29 is 9.13 Å². The van der Waals surface area contributed by atoms with Crippen LogP contribution in [0.5, 0.6) is 0 Å². The SMILES string of the molecule is COCCCC(N)c1ccc(Br)c(F)c1. The molecule has 1 aromatic carbocycles. The lowest BCUT2D eigenvalue weighted by Crippen LogP contribution is -2.11. The van der Waals surface area contributed by atoms with Gasteiger partial charge in [0.15, 0.2) is 0 Å². The molecular formula is C11H15BrFNO. The van der Waals surface area contributed by atoms with Crippen LogP contribution in [-0.4, -0.2) is 13.7 Å². The maximum absolute atomic E-state index is 13.2. The summed E-state index contributed by atoms with van der Waals surface area (Å²) in [7, 11) is 1.66. The average Bonchev–Trinajstić information content (AvgIpc) is 2.22. The van der Waals surface area contributed by atoms with Gasteiger partial charge in [0.2, 0.25) is 0 Å². The molecule has 0 fully saturated rings. The normalized spacial score (nSPS) is 12.8. The van der Waals surface area contributed by atoms with Gasteiger partial charge in [-0.3, -0.25) is 0 Å². The third-order valence-electron chi connectivity index (χ3n) is 2.24. The summed E-state index contributed by atoms with van der Waals surface area (Å²) in [4.78, 5) is 0. The molecule has 1 aromatic rings. The first-order valence-corrected chi connectivity index (χ1v) is 5.64. The Morgan fingerprint density at radius 2 is 2.27 bits per heavy atom. The van der Waals surface area contributed by atoms with E-state index in [1.165, 1.54) is 6.07 Å². The third kappa shape index (κ3) is 3.89. The van der Waals surface area contributed by atoms with Gasteiger partial charge in [-0.15, -0.1) is 0 Å². The van der Waals surface area contributed by atoms with E-state index in [4.69, 9.17) is 10.5 Å². The Hall–Kier alpha value is -0.450. The van der Waals surface area contributed by atoms with Gasteiger partial charge in [-0.05, 0) is 46.5 Å². The van der Waals surface area contributed by atoms with Crippen molar-refractivity contribution in [1.29, 1.82) is 0 Å². The molecule has 15 heavy (non-hydrogen) atoms. The Kier molecular flexibility index (Phi) is 5.22. The van der Waals surface area contributed by atoms with Gasteiger partial charge in [0.05, 0.1) is 4.47 Å². The quantitative estimate of drug-likeness (QED) is 0.839. The number of halogens is 2. The molecule has 1 atom stereocenters. The predicted octanol–water partition coefficient (Wildman–Crippen LogP) is 3.01. The van der Waals surface area contributed by atoms with Crippen molar-refractivity contribution in [3.63, 3.8) is 0 Å². The van der Waals surface area contributed by atoms with Gasteiger partial charge < -0.3 is 10.5 Å². The summed E-state index contributed by atoms with van der Waals surface area (Å²) in [5, 5.41) is 0. The van der Waals surface area contributed by atoms with Gasteiger partial charge in [0.1, 0.15) is 5.82 Å². The van der Waals surface area contributed by atoms with Gasteiger partial charge in [0, 0.05) is 19.8 Å². The molecule has 2 N–H and O–H groups in total. The Morgan fingerprint density at radius 3 is 2.87 bits per heavy atom. The maximum atomic E-state index is 13.2. The molecule has 0 aliphatic heterocycles. The first-order chi connectivity index (χ1) is 7.15. The second-order valence-electron chi connectivity index (χ2n) is 3.42. The van der Waals surface area contributed by atoms with Crippen LogP contribution >= 0.6 is 15.9 Å². The lowest BCUT2D eigenvalue weighted by molar-refractivity contribution is 0.190. The molecule has 0 amide bonds. The topological polar surface area (TPSA) is 35.2 Å². The van der Waals surface area contributed by atoms with Gasteiger partial charge >= 0.3 is 0 Å². The lowest BCUT2D eigenvalue weighted by atomic mass is 10.0. The fourth-order valence-electron chi connectivity index (χ4n) is 1.36. The van der Waals surface area contributed by atoms with Crippen LogP contribution < -0.4 is 5.73 Å². The Morgan fingerprint density at radius 1 is 1.53 bits per heavy atom. The van der Waals surface area contributed by atoms with Gasteiger partial charge in [-0.1, -0.05) is 6.07 Å². The lowest BCUT2D eigenvalue weighted by Gasteiger charge is -2.12. The summed E-state index contributed by atoms with van der Waals surface area (Å²) in [5.74, 6) is -0.269. The molecular weight excluding hydrogens is 261 g/mol. The Bertz CT molecular complexity index is 319. The second-order valence-corrected chi connectivity index (χ2v) is 4.27. The van der Waals surface area contributed by atoms with Crippen molar-refractivity contribution in [1.82, 2.24) is 0 Å². The van der Waals surface area contributed by atoms with E-state index in [2.05, 4.69) is 15.9 Å². The highest BCUT2D eigenvalue weighted by atomic mass is 79.9. The molecule has 0 saturated carbocycles. The Balaban J connectivity index is 2.57. The van der Waals surface area contributed by atoms with Crippen LogP contribution in [0.25, 0.3) is 0 Å². The molecule has 0 saturated heterocycles. The van der Waals surface area contributed by atoms with E-state index in [-0.39, 0.29) is 11.9 Å². The minimum atomic E-state index is -0.269. The summed E-state index contributed by atoms with van der Waals surface area (Å²) in [6, 6.07) is 4.87. The van der Waals surface area contributed by atoms with E-state index < -0.39 is 0 Å². The van der Waals surface area contributed by atoms with Gasteiger partial charge in [0.25, 0.3) is 0 Å². The van der Waals surface area contributed by atoms with Crippen molar-refractivity contribution in [2.24, 2.45) is 5.73 Å². The fourth-order valence-corrected chi connectivity index (χ4v) is 1.60. The summed E-state index contributed by atoms with van der Waals surface area (Å²) < 4.78 is 18.6. The molecule has 0 aromatic heterocycles. The number of methoxy groups -OCH3 is 1. The van der Waals surface area contributed by atoms with Crippen LogP contribution in [0.3, 0.4) is 0 Å². The molecule has 1 rings (SSSR count). The highest BCUT2D eigenvalue weighted by Crippen LogP contribution is 2.21. The molecule has 0 heterocycles. The number of rotatable bonds is 5. The maximum Gasteiger partial charge on any atom is 0.137 e. The zero-order chi connectivity index (χ0) is 11.3. The number of hydrogen-bond acceptors (Lipinski definition) is 2. The van der Waals surface area contributed by atoms with Crippen LogP contribution in [0.2, 0.25) is 0 Å². The zero-order valence-electron chi connectivity index (χ0n) is 8.67. The minimum Gasteiger partial charge on any atom is -0.385 e. The van der Waals surface area contributed by atoms with Crippen molar-refractivity contribution >= 4 is 15.9 Å². The summed E-state index contributed by atoms with van der Waals surface area (Å²) in [6.07, 6.45) is 1.68. The van der Waals surface area contributed by atoms with Crippen molar-refractivity contribution in [2.75, 3.05) is 13.7 Å². The molecule has 0 spiro atoms. The number of hydrogen-bond donors (Lipinski definition) is 1. The van der Waals surface area contributed by atoms with Crippen molar-refractivity contribution in [3.05, 3.63) is 34.1 Å². The minimum absolute atomic E-state index is 0.122. The van der Waals surface area contributed by atoms with Gasteiger partial charge in [-0.25, -0.2) is 4.39 Å². The smallest absolute Gasteiger partial charge is 0.137 e. The highest BCUT2D eigenvalue weighted by Gasteiger charge is 2.08. The van der Waals surface area contributed by atoms with E-state index in [1.54, 1.807) is 13.2 Å². The first-order valence-electron chi connectivity index (χ1n) is 4.84. The summed E-state index contributed by atoms with van der Waals surface area (Å²) >= 11 is 3.11. The van der Waals surface area contributed by atoms with E-state index in [0.717, 1.165) is 18.4 Å². The molecule has 0 aliphatic rings. The van der Waals surface area contributed by atoms with E-state index in [1.807, 2.05) is 6.07 Å². The first kappa shape index (κ1) is 12.6. The van der Waals surface area contributed by atoms with Crippen LogP contribution in [-0.2, 0) is 4.74 Å². The molecule has 2 nitrogen and oxygen atoms in total. The summed E-state index contributed by atoms with van der Waals surface area (Å²) in [6.45, 7) is 0.687. The number of ether oxygens (including phenoxy) is 1. The summed E-state index contributed by atoms with van der Waals surface area (Å²) in [5.41, 5.74) is 6.74. The van der Waals surface area contributed by atoms with Crippen molar-refractivity contribution in [3.8, 4) is 0 Å². The van der Waals surface area contributed by atoms with E-state index in [9.17, 15) is 4.39 Å². The Labute approximate surface area is 97.7 Å². The van der Waals surface area contributed by atoms with Gasteiger partial charge in [-0.2, -0.15) is 0 Å². The highest BCUT2D eigenvalue weighted by molar-refractivity contribution is 9.10. The molecule has 84 valence electrons. The molecule has 0 radical (unpaired) electrons. The van der Waals surface area contributed by atoms with E-state index >= 15 is 0 Å². The largest absolute Gasteiger partial charge is 0.385 e. The van der Waals surface area contributed by atoms with Crippen LogP contribution in [0.15, 0.2) is 22.7 Å². The van der Waals surface area contributed by atoms with E-state index in [0.29, 0.717) is 11.1 Å².